The molecule has 0 bridgehead atoms. The summed E-state index contributed by atoms with van der Waals surface area (Å²) in [5, 5.41) is 4.05. The van der Waals surface area contributed by atoms with Crippen molar-refractivity contribution in [1.82, 2.24) is 9.97 Å². The van der Waals surface area contributed by atoms with Crippen LogP contribution < -0.4 is 5.43 Å². The van der Waals surface area contributed by atoms with Crippen LogP contribution in [0.4, 0.5) is 5.82 Å². The number of hydrogen-bond acceptors (Lipinski definition) is 4. The lowest BCUT2D eigenvalue weighted by atomic mass is 10.2. The van der Waals surface area contributed by atoms with E-state index in [0.29, 0.717) is 5.82 Å². The zero-order chi connectivity index (χ0) is 11.2. The molecule has 16 heavy (non-hydrogen) atoms. The Kier molecular flexibility index (Phi) is 3.23. The van der Waals surface area contributed by atoms with Crippen molar-refractivity contribution in [3.05, 3.63) is 54.0 Å². The molecule has 2 heterocycles. The number of anilines is 1. The average molecular weight is 212 g/mol. The van der Waals surface area contributed by atoms with Crippen LogP contribution in [0, 0.1) is 6.92 Å². The van der Waals surface area contributed by atoms with Gasteiger partial charge >= 0.3 is 0 Å². The van der Waals surface area contributed by atoms with Crippen molar-refractivity contribution >= 4 is 12.0 Å². The van der Waals surface area contributed by atoms with Crippen molar-refractivity contribution in [2.24, 2.45) is 5.10 Å². The predicted molar refractivity (Wildman–Crippen MR) is 64.4 cm³/mol. The summed E-state index contributed by atoms with van der Waals surface area (Å²) in [4.78, 5) is 8.24. The van der Waals surface area contributed by atoms with Gasteiger partial charge in [-0.2, -0.15) is 5.10 Å². The summed E-state index contributed by atoms with van der Waals surface area (Å²) in [6.07, 6.45) is 5.14. The maximum atomic E-state index is 4.16. The minimum atomic E-state index is 0.714. The molecule has 0 saturated carbocycles. The van der Waals surface area contributed by atoms with E-state index in [-0.39, 0.29) is 0 Å². The predicted octanol–water partition coefficient (Wildman–Crippen LogP) is 2.23. The van der Waals surface area contributed by atoms with E-state index in [1.54, 1.807) is 18.6 Å². The molecule has 0 aromatic carbocycles. The normalized spacial score (nSPS) is 10.6. The summed E-state index contributed by atoms with van der Waals surface area (Å²) in [6, 6.07) is 9.51. The van der Waals surface area contributed by atoms with Gasteiger partial charge in [-0.05, 0) is 36.8 Å². The number of pyridine rings is 2. The first-order valence-electron chi connectivity index (χ1n) is 4.97. The fraction of sp³-hybridized carbons (Fsp3) is 0.0833. The lowest BCUT2D eigenvalue weighted by Crippen LogP contribution is -1.94. The molecule has 4 heteroatoms. The van der Waals surface area contributed by atoms with Gasteiger partial charge in [0.05, 0.1) is 11.9 Å². The van der Waals surface area contributed by atoms with Crippen molar-refractivity contribution in [3.63, 3.8) is 0 Å². The van der Waals surface area contributed by atoms with Gasteiger partial charge in [-0.3, -0.25) is 10.4 Å². The number of nitrogens with one attached hydrogen (secondary N) is 1. The number of rotatable bonds is 3. The highest BCUT2D eigenvalue weighted by atomic mass is 15.3. The van der Waals surface area contributed by atoms with Gasteiger partial charge in [0.15, 0.2) is 0 Å². The van der Waals surface area contributed by atoms with E-state index in [1.807, 2.05) is 37.3 Å². The fourth-order valence-corrected chi connectivity index (χ4v) is 1.22. The second kappa shape index (κ2) is 5.02. The Labute approximate surface area is 94.1 Å². The van der Waals surface area contributed by atoms with Crippen LogP contribution in [-0.2, 0) is 0 Å². The molecule has 2 rings (SSSR count). The van der Waals surface area contributed by atoms with Gasteiger partial charge in [0.2, 0.25) is 0 Å². The highest BCUT2D eigenvalue weighted by Gasteiger charge is 1.90. The maximum Gasteiger partial charge on any atom is 0.146 e. The van der Waals surface area contributed by atoms with Gasteiger partial charge in [-0.25, -0.2) is 4.98 Å². The largest absolute Gasteiger partial charge is 0.261 e. The number of hydrogen-bond donors (Lipinski definition) is 1. The van der Waals surface area contributed by atoms with E-state index < -0.39 is 0 Å². The minimum absolute atomic E-state index is 0.714. The van der Waals surface area contributed by atoms with Crippen LogP contribution in [0.15, 0.2) is 47.8 Å². The van der Waals surface area contributed by atoms with E-state index >= 15 is 0 Å². The van der Waals surface area contributed by atoms with E-state index in [9.17, 15) is 0 Å². The molecule has 4 nitrogen and oxygen atoms in total. The first-order valence-corrected chi connectivity index (χ1v) is 4.97. The molecule has 80 valence electrons. The van der Waals surface area contributed by atoms with Gasteiger partial charge in [-0.1, -0.05) is 6.07 Å². The number of hydrazone groups is 1. The van der Waals surface area contributed by atoms with Gasteiger partial charge in [0.25, 0.3) is 0 Å². The SMILES string of the molecule is Cc1ccnc(C=NNc2ccccn2)c1. The molecular formula is C12H12N4. The van der Waals surface area contributed by atoms with Crippen LogP contribution >= 0.6 is 0 Å². The molecular weight excluding hydrogens is 200 g/mol. The number of nitrogens with zero attached hydrogens (tertiary/aromatic N) is 3. The summed E-state index contributed by atoms with van der Waals surface area (Å²) in [5.41, 5.74) is 4.81. The molecule has 0 aliphatic heterocycles. The van der Waals surface area contributed by atoms with Crippen LogP contribution in [0.25, 0.3) is 0 Å². The van der Waals surface area contributed by atoms with Crippen molar-refractivity contribution < 1.29 is 0 Å². The van der Waals surface area contributed by atoms with Crippen LogP contribution in [-0.4, -0.2) is 16.2 Å². The standard InChI is InChI=1S/C12H12N4/c1-10-5-7-13-11(8-10)9-15-16-12-4-2-3-6-14-12/h2-9H,1H3,(H,14,16). The van der Waals surface area contributed by atoms with Crippen molar-refractivity contribution in [2.45, 2.75) is 6.92 Å². The number of aryl methyl sites for hydroxylation is 1. The molecule has 0 aliphatic carbocycles. The molecule has 0 spiro atoms. The lowest BCUT2D eigenvalue weighted by Gasteiger charge is -1.97. The van der Waals surface area contributed by atoms with E-state index in [4.69, 9.17) is 0 Å². The third-order valence-corrected chi connectivity index (χ3v) is 1.98. The second-order valence-electron chi connectivity index (χ2n) is 3.34. The summed E-state index contributed by atoms with van der Waals surface area (Å²) < 4.78 is 0. The van der Waals surface area contributed by atoms with Gasteiger partial charge < -0.3 is 0 Å². The van der Waals surface area contributed by atoms with Gasteiger partial charge in [-0.15, -0.1) is 0 Å². The van der Waals surface area contributed by atoms with E-state index in [1.165, 1.54) is 0 Å². The lowest BCUT2D eigenvalue weighted by molar-refractivity contribution is 1.21. The molecule has 2 aromatic heterocycles. The van der Waals surface area contributed by atoms with Gasteiger partial charge in [0, 0.05) is 12.4 Å². The Hall–Kier alpha value is -2.23. The Balaban J connectivity index is 2.00. The molecule has 0 aliphatic rings. The molecule has 0 fully saturated rings. The van der Waals surface area contributed by atoms with Crippen LogP contribution in [0.5, 0.6) is 0 Å². The molecule has 0 radical (unpaired) electrons. The first kappa shape index (κ1) is 10.3. The zero-order valence-corrected chi connectivity index (χ0v) is 8.96. The Morgan fingerprint density at radius 1 is 1.19 bits per heavy atom. The highest BCUT2D eigenvalue weighted by Crippen LogP contribution is 2.00. The first-order chi connectivity index (χ1) is 7.84. The van der Waals surface area contributed by atoms with Crippen LogP contribution in [0.1, 0.15) is 11.3 Å². The van der Waals surface area contributed by atoms with Crippen LogP contribution in [0.2, 0.25) is 0 Å². The third-order valence-electron chi connectivity index (χ3n) is 1.98. The Bertz CT molecular complexity index is 479. The molecule has 0 unspecified atom stereocenters. The smallest absolute Gasteiger partial charge is 0.146 e. The topological polar surface area (TPSA) is 50.2 Å². The van der Waals surface area contributed by atoms with Crippen molar-refractivity contribution in [1.29, 1.82) is 0 Å². The highest BCUT2D eigenvalue weighted by molar-refractivity contribution is 5.77. The summed E-state index contributed by atoms with van der Waals surface area (Å²) >= 11 is 0. The monoisotopic (exact) mass is 212 g/mol. The minimum Gasteiger partial charge on any atom is -0.261 e. The third kappa shape index (κ3) is 2.88. The van der Waals surface area contributed by atoms with Gasteiger partial charge in [0.1, 0.15) is 5.82 Å². The molecule has 0 atom stereocenters. The average Bonchev–Trinajstić information content (AvgIpc) is 2.30. The fourth-order valence-electron chi connectivity index (χ4n) is 1.22. The maximum absolute atomic E-state index is 4.16. The quantitative estimate of drug-likeness (QED) is 0.627. The summed E-state index contributed by atoms with van der Waals surface area (Å²) in [6.45, 7) is 2.02. The molecule has 0 amide bonds. The van der Waals surface area contributed by atoms with Crippen molar-refractivity contribution in [3.8, 4) is 0 Å². The van der Waals surface area contributed by atoms with Crippen molar-refractivity contribution in [2.75, 3.05) is 5.43 Å². The van der Waals surface area contributed by atoms with E-state index in [2.05, 4.69) is 20.5 Å². The second-order valence-corrected chi connectivity index (χ2v) is 3.34. The summed E-state index contributed by atoms with van der Waals surface area (Å²) in [5.74, 6) is 0.714. The molecule has 1 N–H and O–H groups in total. The zero-order valence-electron chi connectivity index (χ0n) is 8.96. The molecule has 0 saturated heterocycles. The number of aromatic nitrogens is 2. The Morgan fingerprint density at radius 2 is 2.12 bits per heavy atom. The van der Waals surface area contributed by atoms with E-state index in [0.717, 1.165) is 11.3 Å². The summed E-state index contributed by atoms with van der Waals surface area (Å²) in [7, 11) is 0. The molecule has 2 aromatic rings. The Morgan fingerprint density at radius 3 is 2.88 bits per heavy atom. The van der Waals surface area contributed by atoms with Crippen LogP contribution in [0.3, 0.4) is 0 Å².